The van der Waals surface area contributed by atoms with Crippen LogP contribution in [0.15, 0.2) is 0 Å². The minimum absolute atomic E-state index is 0.123. The van der Waals surface area contributed by atoms with Crippen molar-refractivity contribution in [3.8, 4) is 0 Å². The lowest BCUT2D eigenvalue weighted by molar-refractivity contribution is -0.114. The number of ether oxygens (including phenoxy) is 1. The van der Waals surface area contributed by atoms with Gasteiger partial charge in [-0.25, -0.2) is 0 Å². The van der Waals surface area contributed by atoms with Gasteiger partial charge >= 0.3 is 0 Å². The summed E-state index contributed by atoms with van der Waals surface area (Å²) in [5.41, 5.74) is 7.19. The smallest absolute Gasteiger partial charge is 0.0701 e. The first kappa shape index (κ1) is 14.2. The topological polar surface area (TPSA) is 35.2 Å². The third-order valence-corrected chi connectivity index (χ3v) is 6.73. The van der Waals surface area contributed by atoms with Crippen LogP contribution in [0.4, 0.5) is 0 Å². The van der Waals surface area contributed by atoms with Gasteiger partial charge in [0.05, 0.1) is 5.60 Å². The molecule has 3 aliphatic rings. The zero-order valence-corrected chi connectivity index (χ0v) is 13.0. The summed E-state index contributed by atoms with van der Waals surface area (Å²) >= 11 is 2.09. The summed E-state index contributed by atoms with van der Waals surface area (Å²) in [5, 5.41) is 0. The second-order valence-corrected chi connectivity index (χ2v) is 8.21. The largest absolute Gasteiger partial charge is 0.375 e. The van der Waals surface area contributed by atoms with Crippen molar-refractivity contribution in [1.82, 2.24) is 0 Å². The maximum Gasteiger partial charge on any atom is 0.0701 e. The molecule has 19 heavy (non-hydrogen) atoms. The van der Waals surface area contributed by atoms with Gasteiger partial charge in [-0.15, -0.1) is 0 Å². The first-order valence-corrected chi connectivity index (χ1v) is 9.39. The Morgan fingerprint density at radius 1 is 0.947 bits per heavy atom. The summed E-state index contributed by atoms with van der Waals surface area (Å²) in [6.07, 6.45) is 12.9. The molecule has 1 spiro atoms. The third kappa shape index (κ3) is 3.14. The van der Waals surface area contributed by atoms with Gasteiger partial charge in [0.2, 0.25) is 0 Å². The lowest BCUT2D eigenvalue weighted by Crippen LogP contribution is -2.54. The molecule has 0 bridgehead atoms. The molecule has 0 aromatic carbocycles. The van der Waals surface area contributed by atoms with Crippen LogP contribution in [0.1, 0.15) is 64.2 Å². The second kappa shape index (κ2) is 5.95. The van der Waals surface area contributed by atoms with Crippen molar-refractivity contribution in [3.05, 3.63) is 0 Å². The van der Waals surface area contributed by atoms with Crippen LogP contribution in [-0.4, -0.2) is 29.3 Å². The Balaban J connectivity index is 1.69. The van der Waals surface area contributed by atoms with Crippen LogP contribution in [0.2, 0.25) is 0 Å². The van der Waals surface area contributed by atoms with E-state index in [0.29, 0.717) is 5.92 Å². The summed E-state index contributed by atoms with van der Waals surface area (Å²) in [6, 6.07) is 0. The van der Waals surface area contributed by atoms with E-state index < -0.39 is 0 Å². The fourth-order valence-electron chi connectivity index (χ4n) is 4.41. The van der Waals surface area contributed by atoms with Crippen molar-refractivity contribution >= 4 is 11.8 Å². The maximum atomic E-state index is 6.86. The van der Waals surface area contributed by atoms with E-state index in [1.807, 2.05) is 0 Å². The lowest BCUT2D eigenvalue weighted by atomic mass is 9.69. The van der Waals surface area contributed by atoms with Crippen LogP contribution in [0.25, 0.3) is 0 Å². The summed E-state index contributed by atoms with van der Waals surface area (Å²) < 4.78 is 6.23. The Morgan fingerprint density at radius 2 is 1.63 bits per heavy atom. The van der Waals surface area contributed by atoms with E-state index in [4.69, 9.17) is 10.5 Å². The van der Waals surface area contributed by atoms with Crippen LogP contribution in [0, 0.1) is 5.92 Å². The average Bonchev–Trinajstić information content (AvgIpc) is 2.66. The van der Waals surface area contributed by atoms with E-state index in [1.165, 1.54) is 75.7 Å². The Bertz CT molecular complexity index is 288. The molecule has 1 aliphatic carbocycles. The number of thioether (sulfide) groups is 1. The van der Waals surface area contributed by atoms with Gasteiger partial charge in [-0.3, -0.25) is 0 Å². The first-order valence-electron chi connectivity index (χ1n) is 8.23. The van der Waals surface area contributed by atoms with Gasteiger partial charge in [-0.2, -0.15) is 11.8 Å². The monoisotopic (exact) mass is 283 g/mol. The lowest BCUT2D eigenvalue weighted by Gasteiger charge is -2.48. The van der Waals surface area contributed by atoms with Crippen molar-refractivity contribution in [2.75, 3.05) is 18.1 Å². The van der Waals surface area contributed by atoms with Gasteiger partial charge in [-0.05, 0) is 55.9 Å². The van der Waals surface area contributed by atoms with Crippen LogP contribution in [-0.2, 0) is 4.74 Å². The number of nitrogens with two attached hydrogens (primary N) is 1. The first-order chi connectivity index (χ1) is 9.23. The molecule has 0 radical (unpaired) electrons. The fourth-order valence-corrected chi connectivity index (χ4v) is 5.64. The molecule has 2 N–H and O–H groups in total. The third-order valence-electron chi connectivity index (χ3n) is 5.74. The van der Waals surface area contributed by atoms with Crippen molar-refractivity contribution in [3.63, 3.8) is 0 Å². The van der Waals surface area contributed by atoms with Crippen LogP contribution in [0.3, 0.4) is 0 Å². The molecule has 0 aromatic heterocycles. The van der Waals surface area contributed by atoms with E-state index in [9.17, 15) is 0 Å². The Hall–Kier alpha value is 0.270. The normalized spacial score (nSPS) is 34.9. The Labute approximate surface area is 122 Å². The molecule has 1 unspecified atom stereocenters. The number of hydrogen-bond donors (Lipinski definition) is 1. The van der Waals surface area contributed by atoms with Gasteiger partial charge in [0, 0.05) is 12.1 Å². The SMILES string of the molecule is NC1(C2CCOC3(CCSCC3)C2)CCCCCC1. The molecular formula is C16H29NOS. The molecular weight excluding hydrogens is 254 g/mol. The van der Waals surface area contributed by atoms with Crippen LogP contribution >= 0.6 is 11.8 Å². The van der Waals surface area contributed by atoms with Gasteiger partial charge in [0.25, 0.3) is 0 Å². The van der Waals surface area contributed by atoms with E-state index in [0.717, 1.165) is 6.61 Å². The van der Waals surface area contributed by atoms with E-state index in [-0.39, 0.29) is 11.1 Å². The molecule has 2 nitrogen and oxygen atoms in total. The molecule has 1 atom stereocenters. The molecule has 110 valence electrons. The van der Waals surface area contributed by atoms with Crippen LogP contribution in [0.5, 0.6) is 0 Å². The molecule has 2 aliphatic heterocycles. The predicted octanol–water partition coefficient (Wildman–Crippen LogP) is 3.73. The molecule has 0 aromatic rings. The maximum absolute atomic E-state index is 6.86. The summed E-state index contributed by atoms with van der Waals surface area (Å²) in [6.45, 7) is 0.953. The molecule has 3 heteroatoms. The quantitative estimate of drug-likeness (QED) is 0.745. The van der Waals surface area contributed by atoms with Gasteiger partial charge < -0.3 is 10.5 Å². The number of rotatable bonds is 1. The van der Waals surface area contributed by atoms with Crippen molar-refractivity contribution in [2.45, 2.75) is 75.3 Å². The molecule has 2 saturated heterocycles. The van der Waals surface area contributed by atoms with Gasteiger partial charge in [0.15, 0.2) is 0 Å². The average molecular weight is 283 g/mol. The van der Waals surface area contributed by atoms with Crippen LogP contribution < -0.4 is 5.73 Å². The van der Waals surface area contributed by atoms with E-state index in [1.54, 1.807) is 0 Å². The molecule has 2 heterocycles. The van der Waals surface area contributed by atoms with E-state index >= 15 is 0 Å². The summed E-state index contributed by atoms with van der Waals surface area (Å²) in [5.74, 6) is 3.27. The highest BCUT2D eigenvalue weighted by Gasteiger charge is 2.45. The van der Waals surface area contributed by atoms with Crippen molar-refractivity contribution in [1.29, 1.82) is 0 Å². The predicted molar refractivity (Wildman–Crippen MR) is 82.6 cm³/mol. The molecule has 3 fully saturated rings. The minimum atomic E-state index is 0.123. The Kier molecular flexibility index (Phi) is 4.45. The van der Waals surface area contributed by atoms with E-state index in [2.05, 4.69) is 11.8 Å². The Morgan fingerprint density at radius 3 is 2.32 bits per heavy atom. The number of hydrogen-bond acceptors (Lipinski definition) is 3. The van der Waals surface area contributed by atoms with Gasteiger partial charge in [-0.1, -0.05) is 25.7 Å². The zero-order valence-electron chi connectivity index (χ0n) is 12.2. The highest BCUT2D eigenvalue weighted by atomic mass is 32.2. The van der Waals surface area contributed by atoms with Crippen molar-refractivity contribution < 1.29 is 4.74 Å². The highest BCUT2D eigenvalue weighted by Crippen LogP contribution is 2.45. The second-order valence-electron chi connectivity index (χ2n) is 6.98. The zero-order chi connectivity index (χ0) is 13.2. The molecule has 1 saturated carbocycles. The van der Waals surface area contributed by atoms with Gasteiger partial charge in [0.1, 0.15) is 0 Å². The molecule has 3 rings (SSSR count). The highest BCUT2D eigenvalue weighted by molar-refractivity contribution is 7.99. The standard InChI is InChI=1S/C16H29NOS/c17-16(6-3-1-2-4-7-16)14-5-10-18-15(13-14)8-11-19-12-9-15/h14H,1-13,17H2. The fraction of sp³-hybridized carbons (Fsp3) is 1.00. The molecule has 0 amide bonds. The summed E-state index contributed by atoms with van der Waals surface area (Å²) in [4.78, 5) is 0. The summed E-state index contributed by atoms with van der Waals surface area (Å²) in [7, 11) is 0. The van der Waals surface area contributed by atoms with Crippen molar-refractivity contribution in [2.24, 2.45) is 11.7 Å². The minimum Gasteiger partial charge on any atom is -0.375 e.